The van der Waals surface area contributed by atoms with Crippen LogP contribution >= 0.6 is 0 Å². The van der Waals surface area contributed by atoms with E-state index in [1.807, 2.05) is 60.7 Å². The molecule has 8 rings (SSSR count). The molecule has 228 valence electrons. The highest BCUT2D eigenvalue weighted by Gasteiger charge is 2.17. The summed E-state index contributed by atoms with van der Waals surface area (Å²) in [6, 6.07) is 57.8. The number of aliphatic imine (C=N–C) groups is 1. The average molecular weight is 618 g/mol. The maximum absolute atomic E-state index is 8.44. The molecule has 8 aromatic rings. The molecule has 0 aliphatic heterocycles. The molecule has 0 fully saturated rings. The van der Waals surface area contributed by atoms with Gasteiger partial charge in [0.1, 0.15) is 17.0 Å². The van der Waals surface area contributed by atoms with Gasteiger partial charge in [-0.05, 0) is 68.8 Å². The molecular weight excluding hydrogens is 587 g/mol. The van der Waals surface area contributed by atoms with Crippen molar-refractivity contribution in [2.24, 2.45) is 10.7 Å². The second kappa shape index (κ2) is 12.3. The molecule has 0 unspecified atom stereocenters. The zero-order valence-corrected chi connectivity index (χ0v) is 26.1. The molecule has 7 aromatic carbocycles. The normalized spacial score (nSPS) is 11.6. The van der Waals surface area contributed by atoms with E-state index in [0.29, 0.717) is 11.4 Å². The van der Waals surface area contributed by atoms with Crippen LogP contribution in [0.4, 0.5) is 0 Å². The zero-order chi connectivity index (χ0) is 32.5. The molecule has 1 heterocycles. The van der Waals surface area contributed by atoms with Crippen LogP contribution < -0.4 is 5.73 Å². The first kappa shape index (κ1) is 28.9. The summed E-state index contributed by atoms with van der Waals surface area (Å²) in [5.41, 5.74) is 18.6. The monoisotopic (exact) mass is 617 g/mol. The predicted octanol–water partition coefficient (Wildman–Crippen LogP) is 11.0. The average Bonchev–Trinajstić information content (AvgIpc) is 3.54. The summed E-state index contributed by atoms with van der Waals surface area (Å²) < 4.78 is 6.40. The highest BCUT2D eigenvalue weighted by atomic mass is 16.3. The lowest BCUT2D eigenvalue weighted by atomic mass is 9.89. The van der Waals surface area contributed by atoms with E-state index < -0.39 is 0 Å². The van der Waals surface area contributed by atoms with Gasteiger partial charge >= 0.3 is 0 Å². The number of hydrogen-bond acceptors (Lipinski definition) is 2. The largest absolute Gasteiger partial charge is 0.456 e. The number of nitrogens with zero attached hydrogens (tertiary/aromatic N) is 1. The van der Waals surface area contributed by atoms with E-state index in [2.05, 4.69) is 114 Å². The molecule has 0 aliphatic carbocycles. The Bertz CT molecular complexity index is 2480. The second-order valence-electron chi connectivity index (χ2n) is 11.7. The summed E-state index contributed by atoms with van der Waals surface area (Å²) >= 11 is 0. The van der Waals surface area contributed by atoms with Crippen molar-refractivity contribution in [3.8, 4) is 44.5 Å². The van der Waals surface area contributed by atoms with E-state index >= 15 is 0 Å². The quantitative estimate of drug-likeness (QED) is 0.144. The number of rotatable bonds is 6. The Labute approximate surface area is 279 Å². The number of furan rings is 1. The molecule has 0 saturated heterocycles. The summed E-state index contributed by atoms with van der Waals surface area (Å²) in [6.45, 7) is 0. The summed E-state index contributed by atoms with van der Waals surface area (Å²) in [5, 5.41) is 10.5. The Hall–Kier alpha value is -6.52. The lowest BCUT2D eigenvalue weighted by molar-refractivity contribution is 0.669. The Balaban J connectivity index is 1.23. The van der Waals surface area contributed by atoms with Crippen LogP contribution in [0.2, 0.25) is 0 Å². The third kappa shape index (κ3) is 5.36. The number of hydrogen-bond donors (Lipinski definition) is 2. The van der Waals surface area contributed by atoms with Gasteiger partial charge in [-0.15, -0.1) is 0 Å². The summed E-state index contributed by atoms with van der Waals surface area (Å²) in [7, 11) is 0. The Morgan fingerprint density at radius 2 is 1.00 bits per heavy atom. The molecule has 4 nitrogen and oxygen atoms in total. The predicted molar refractivity (Wildman–Crippen MR) is 199 cm³/mol. The lowest BCUT2D eigenvalue weighted by Gasteiger charge is -2.15. The third-order valence-electron chi connectivity index (χ3n) is 8.78. The van der Waals surface area contributed by atoms with Crippen LogP contribution in [-0.4, -0.2) is 11.7 Å². The topological polar surface area (TPSA) is 75.4 Å². The third-order valence-corrected chi connectivity index (χ3v) is 8.78. The number of nitrogens with one attached hydrogen (secondary N) is 1. The number of amidine groups is 2. The van der Waals surface area contributed by atoms with Gasteiger partial charge in [0.2, 0.25) is 0 Å². The van der Waals surface area contributed by atoms with Gasteiger partial charge in [-0.1, -0.05) is 146 Å². The highest BCUT2D eigenvalue weighted by Crippen LogP contribution is 2.42. The van der Waals surface area contributed by atoms with Crippen LogP contribution in [0.3, 0.4) is 0 Å². The smallest absolute Gasteiger partial charge is 0.154 e. The van der Waals surface area contributed by atoms with Gasteiger partial charge < -0.3 is 10.2 Å². The first-order valence-corrected chi connectivity index (χ1v) is 15.9. The summed E-state index contributed by atoms with van der Waals surface area (Å²) in [4.78, 5) is 4.42. The van der Waals surface area contributed by atoms with Crippen LogP contribution in [0.15, 0.2) is 179 Å². The minimum atomic E-state index is 0.126. The molecule has 0 atom stereocenters. The van der Waals surface area contributed by atoms with E-state index in [9.17, 15) is 0 Å². The van der Waals surface area contributed by atoms with Gasteiger partial charge in [-0.2, -0.15) is 0 Å². The number of nitrogens with two attached hydrogens (primary N) is 1. The summed E-state index contributed by atoms with van der Waals surface area (Å²) in [5.74, 6) is 0.422. The van der Waals surface area contributed by atoms with Crippen LogP contribution in [-0.2, 0) is 0 Å². The van der Waals surface area contributed by atoms with E-state index in [4.69, 9.17) is 15.6 Å². The van der Waals surface area contributed by atoms with Gasteiger partial charge in [0.15, 0.2) is 5.84 Å². The van der Waals surface area contributed by atoms with Gasteiger partial charge in [-0.25, -0.2) is 4.99 Å². The fourth-order valence-corrected chi connectivity index (χ4v) is 6.48. The van der Waals surface area contributed by atoms with Crippen molar-refractivity contribution in [1.29, 1.82) is 5.41 Å². The first-order chi connectivity index (χ1) is 23.6. The van der Waals surface area contributed by atoms with Gasteiger partial charge in [0.25, 0.3) is 0 Å². The molecule has 0 radical (unpaired) electrons. The van der Waals surface area contributed by atoms with Crippen molar-refractivity contribution >= 4 is 33.6 Å². The Morgan fingerprint density at radius 3 is 1.73 bits per heavy atom. The molecule has 4 heteroatoms. The Kier molecular flexibility index (Phi) is 7.44. The van der Waals surface area contributed by atoms with E-state index in [-0.39, 0.29) is 5.84 Å². The van der Waals surface area contributed by atoms with Crippen LogP contribution in [0.1, 0.15) is 11.1 Å². The maximum Gasteiger partial charge on any atom is 0.154 e. The molecule has 48 heavy (non-hydrogen) atoms. The minimum Gasteiger partial charge on any atom is -0.456 e. The van der Waals surface area contributed by atoms with Crippen molar-refractivity contribution in [3.63, 3.8) is 0 Å². The van der Waals surface area contributed by atoms with E-state index in [1.165, 1.54) is 22.3 Å². The van der Waals surface area contributed by atoms with Gasteiger partial charge in [-0.3, -0.25) is 5.41 Å². The van der Waals surface area contributed by atoms with Gasteiger partial charge in [0.05, 0.1) is 0 Å². The molecule has 0 bridgehead atoms. The van der Waals surface area contributed by atoms with Crippen molar-refractivity contribution < 1.29 is 4.42 Å². The fourth-order valence-electron chi connectivity index (χ4n) is 6.48. The molecular formula is C44H31N3O. The van der Waals surface area contributed by atoms with Crippen molar-refractivity contribution in [2.75, 3.05) is 0 Å². The van der Waals surface area contributed by atoms with Crippen molar-refractivity contribution in [1.82, 2.24) is 0 Å². The highest BCUT2D eigenvalue weighted by molar-refractivity contribution is 6.14. The fraction of sp³-hybridized carbons (Fsp3) is 0. The Morgan fingerprint density at radius 1 is 0.458 bits per heavy atom. The van der Waals surface area contributed by atoms with Crippen LogP contribution in [0.25, 0.3) is 66.4 Å². The number of benzene rings is 7. The van der Waals surface area contributed by atoms with Gasteiger partial charge in [0, 0.05) is 21.9 Å². The first-order valence-electron chi connectivity index (χ1n) is 15.9. The molecule has 1 aromatic heterocycles. The molecule has 0 saturated carbocycles. The summed E-state index contributed by atoms with van der Waals surface area (Å²) in [6.07, 6.45) is 0. The lowest BCUT2D eigenvalue weighted by Crippen LogP contribution is -2.16. The second-order valence-corrected chi connectivity index (χ2v) is 11.7. The van der Waals surface area contributed by atoms with Crippen LogP contribution in [0.5, 0.6) is 0 Å². The standard InChI is InChI=1S/C44H31N3O/c45-43(30-15-5-2-6-16-30)47-44(46)33-18-11-17-31(27-33)36-23-12-24-41-42(36)39-28-32(25-26-40(39)48-41)35-20-8-10-22-38(35)37-21-9-7-19-34(37)29-13-3-1-4-14-29/h1-28H,(H3,45,46,47). The number of fused-ring (bicyclic) bond motifs is 3. The van der Waals surface area contributed by atoms with E-state index in [0.717, 1.165) is 49.8 Å². The molecule has 0 amide bonds. The van der Waals surface area contributed by atoms with E-state index in [1.54, 1.807) is 0 Å². The molecule has 0 spiro atoms. The SMILES string of the molecule is N=C(N=C(N)c1cccc(-c2cccc3oc4ccc(-c5ccccc5-c5ccccc5-c5ccccc5)cc4c23)c1)c1ccccc1. The van der Waals surface area contributed by atoms with Crippen molar-refractivity contribution in [2.45, 2.75) is 0 Å². The zero-order valence-electron chi connectivity index (χ0n) is 26.1. The maximum atomic E-state index is 8.44. The molecule has 3 N–H and O–H groups in total. The molecule has 0 aliphatic rings. The van der Waals surface area contributed by atoms with Crippen LogP contribution in [0, 0.1) is 5.41 Å². The van der Waals surface area contributed by atoms with Crippen molar-refractivity contribution in [3.05, 3.63) is 181 Å². The minimum absolute atomic E-state index is 0.126.